The lowest BCUT2D eigenvalue weighted by Crippen LogP contribution is -2.40. The Morgan fingerprint density at radius 3 is 2.62 bits per heavy atom. The van der Waals surface area contributed by atoms with Gasteiger partial charge in [-0.1, -0.05) is 42.3 Å². The molecule has 0 aliphatic carbocycles. The second kappa shape index (κ2) is 8.97. The molecule has 4 rings (SSSR count). The number of benzene rings is 2. The van der Waals surface area contributed by atoms with Crippen LogP contribution in [0.1, 0.15) is 42.9 Å². The molecule has 1 atom stereocenters. The standard InChI is InChI=1S/C23H26ClN3O2/c1-29-20-7-5-6-18(14-20)21-15-22(17-8-10-19(24)11-9-17)27(25-21)23(28)16-26-12-3-2-4-13-26/h5-11,14,22H,2-4,12-13,15-16H2,1H3/t22-/m0/s1. The zero-order chi connectivity index (χ0) is 20.2. The van der Waals surface area contributed by atoms with Crippen molar-refractivity contribution in [2.45, 2.75) is 31.7 Å². The fourth-order valence-corrected chi connectivity index (χ4v) is 4.17. The van der Waals surface area contributed by atoms with Gasteiger partial charge in [-0.3, -0.25) is 9.69 Å². The first-order chi connectivity index (χ1) is 14.1. The molecule has 2 aromatic carbocycles. The minimum Gasteiger partial charge on any atom is -0.497 e. The van der Waals surface area contributed by atoms with Crippen molar-refractivity contribution in [3.05, 3.63) is 64.7 Å². The summed E-state index contributed by atoms with van der Waals surface area (Å²) < 4.78 is 5.36. The summed E-state index contributed by atoms with van der Waals surface area (Å²) in [6, 6.07) is 15.4. The molecule has 1 fully saturated rings. The predicted octanol–water partition coefficient (Wildman–Crippen LogP) is 4.51. The highest BCUT2D eigenvalue weighted by atomic mass is 35.5. The van der Waals surface area contributed by atoms with Crippen molar-refractivity contribution < 1.29 is 9.53 Å². The van der Waals surface area contributed by atoms with Crippen LogP contribution in [-0.4, -0.2) is 48.3 Å². The molecule has 2 aliphatic rings. The molecule has 0 spiro atoms. The highest BCUT2D eigenvalue weighted by Gasteiger charge is 2.34. The maximum absolute atomic E-state index is 13.2. The van der Waals surface area contributed by atoms with Crippen LogP contribution in [0.4, 0.5) is 0 Å². The lowest BCUT2D eigenvalue weighted by molar-refractivity contribution is -0.134. The maximum Gasteiger partial charge on any atom is 0.257 e. The van der Waals surface area contributed by atoms with E-state index in [4.69, 9.17) is 21.4 Å². The first-order valence-electron chi connectivity index (χ1n) is 10.2. The number of hydrogen-bond donors (Lipinski definition) is 0. The number of ether oxygens (including phenoxy) is 1. The monoisotopic (exact) mass is 411 g/mol. The molecule has 1 amide bonds. The number of carbonyl (C=O) groups is 1. The van der Waals surface area contributed by atoms with Crippen LogP contribution in [0.3, 0.4) is 0 Å². The molecule has 0 aromatic heterocycles. The number of methoxy groups -OCH3 is 1. The highest BCUT2D eigenvalue weighted by Crippen LogP contribution is 2.34. The Hall–Kier alpha value is -2.37. The molecule has 0 radical (unpaired) electrons. The van der Waals surface area contributed by atoms with Crippen LogP contribution in [0.2, 0.25) is 5.02 Å². The van der Waals surface area contributed by atoms with Gasteiger partial charge in [0.2, 0.25) is 0 Å². The van der Waals surface area contributed by atoms with Gasteiger partial charge < -0.3 is 4.74 Å². The lowest BCUT2D eigenvalue weighted by atomic mass is 9.98. The molecule has 2 heterocycles. The number of rotatable bonds is 5. The van der Waals surface area contributed by atoms with Crippen LogP contribution < -0.4 is 4.74 Å². The molecule has 6 heteroatoms. The summed E-state index contributed by atoms with van der Waals surface area (Å²) >= 11 is 6.07. The van der Waals surface area contributed by atoms with Crippen molar-refractivity contribution in [3.8, 4) is 5.75 Å². The van der Waals surface area contributed by atoms with E-state index in [0.29, 0.717) is 18.0 Å². The van der Waals surface area contributed by atoms with E-state index in [0.717, 1.165) is 48.5 Å². The number of nitrogens with zero attached hydrogens (tertiary/aromatic N) is 3. The third kappa shape index (κ3) is 4.62. The summed E-state index contributed by atoms with van der Waals surface area (Å²) in [5.74, 6) is 0.830. The van der Waals surface area contributed by atoms with Crippen LogP contribution in [0, 0.1) is 0 Å². The van der Waals surface area contributed by atoms with Crippen molar-refractivity contribution in [3.63, 3.8) is 0 Å². The number of piperidine rings is 1. The van der Waals surface area contributed by atoms with Crippen LogP contribution in [-0.2, 0) is 4.79 Å². The zero-order valence-corrected chi connectivity index (χ0v) is 17.4. The zero-order valence-electron chi connectivity index (χ0n) is 16.7. The topological polar surface area (TPSA) is 45.1 Å². The van der Waals surface area contributed by atoms with Crippen molar-refractivity contribution in [1.82, 2.24) is 9.91 Å². The van der Waals surface area contributed by atoms with Gasteiger partial charge in [0.1, 0.15) is 5.75 Å². The molecule has 1 saturated heterocycles. The SMILES string of the molecule is COc1cccc(C2=NN(C(=O)CN3CCCCC3)[C@H](c3ccc(Cl)cc3)C2)c1. The molecule has 5 nitrogen and oxygen atoms in total. The molecule has 2 aliphatic heterocycles. The van der Waals surface area contributed by atoms with Gasteiger partial charge in [0, 0.05) is 17.0 Å². The molecular weight excluding hydrogens is 386 g/mol. The molecule has 2 aromatic rings. The van der Waals surface area contributed by atoms with Crippen LogP contribution in [0.25, 0.3) is 0 Å². The van der Waals surface area contributed by atoms with E-state index < -0.39 is 0 Å². The van der Waals surface area contributed by atoms with Gasteiger partial charge in [0.05, 0.1) is 25.4 Å². The molecule has 0 unspecified atom stereocenters. The number of hydrazone groups is 1. The average molecular weight is 412 g/mol. The quantitative estimate of drug-likeness (QED) is 0.727. The van der Waals surface area contributed by atoms with Crippen molar-refractivity contribution >= 4 is 23.2 Å². The van der Waals surface area contributed by atoms with Gasteiger partial charge >= 0.3 is 0 Å². The Balaban J connectivity index is 1.61. The van der Waals surface area contributed by atoms with E-state index in [-0.39, 0.29) is 11.9 Å². The summed E-state index contributed by atoms with van der Waals surface area (Å²) in [4.78, 5) is 15.4. The van der Waals surface area contributed by atoms with Gasteiger partial charge in [-0.05, 0) is 55.8 Å². The number of likely N-dealkylation sites (tertiary alicyclic amines) is 1. The van der Waals surface area contributed by atoms with Gasteiger partial charge in [-0.2, -0.15) is 5.10 Å². The van der Waals surface area contributed by atoms with Crippen LogP contribution in [0.15, 0.2) is 53.6 Å². The van der Waals surface area contributed by atoms with Gasteiger partial charge in [-0.15, -0.1) is 0 Å². The Labute approximate surface area is 176 Å². The van der Waals surface area contributed by atoms with Gasteiger partial charge in [0.15, 0.2) is 0 Å². The molecule has 0 saturated carbocycles. The molecule has 0 N–H and O–H groups in total. The van der Waals surface area contributed by atoms with E-state index in [2.05, 4.69) is 4.90 Å². The Morgan fingerprint density at radius 1 is 1.14 bits per heavy atom. The minimum atomic E-state index is -0.120. The second-order valence-electron chi connectivity index (χ2n) is 7.63. The first-order valence-corrected chi connectivity index (χ1v) is 10.5. The highest BCUT2D eigenvalue weighted by molar-refractivity contribution is 6.30. The Bertz CT molecular complexity index is 891. The first kappa shape index (κ1) is 19.9. The molecule has 152 valence electrons. The second-order valence-corrected chi connectivity index (χ2v) is 8.06. The smallest absolute Gasteiger partial charge is 0.257 e. The Kier molecular flexibility index (Phi) is 6.16. The number of carbonyl (C=O) groups excluding carboxylic acids is 1. The Morgan fingerprint density at radius 2 is 1.90 bits per heavy atom. The molecule has 0 bridgehead atoms. The van der Waals surface area contributed by atoms with Gasteiger partial charge in [-0.25, -0.2) is 5.01 Å². The number of hydrogen-bond acceptors (Lipinski definition) is 4. The van der Waals surface area contributed by atoms with Gasteiger partial charge in [0.25, 0.3) is 5.91 Å². The molecule has 29 heavy (non-hydrogen) atoms. The van der Waals surface area contributed by atoms with E-state index >= 15 is 0 Å². The number of amides is 1. The number of halogens is 1. The summed E-state index contributed by atoms with van der Waals surface area (Å²) in [5, 5.41) is 7.12. The van der Waals surface area contributed by atoms with Crippen molar-refractivity contribution in [2.24, 2.45) is 5.10 Å². The van der Waals surface area contributed by atoms with E-state index in [1.165, 1.54) is 6.42 Å². The lowest BCUT2D eigenvalue weighted by Gasteiger charge is -2.29. The average Bonchev–Trinajstić information content (AvgIpc) is 3.21. The maximum atomic E-state index is 13.2. The minimum absolute atomic E-state index is 0.0461. The summed E-state index contributed by atoms with van der Waals surface area (Å²) in [5.41, 5.74) is 2.93. The summed E-state index contributed by atoms with van der Waals surface area (Å²) in [7, 11) is 1.65. The summed E-state index contributed by atoms with van der Waals surface area (Å²) in [6.07, 6.45) is 4.24. The fourth-order valence-electron chi connectivity index (χ4n) is 4.04. The van der Waals surface area contributed by atoms with Crippen LogP contribution >= 0.6 is 11.6 Å². The summed E-state index contributed by atoms with van der Waals surface area (Å²) in [6.45, 7) is 2.38. The van der Waals surface area contributed by atoms with E-state index in [1.54, 1.807) is 12.1 Å². The van der Waals surface area contributed by atoms with Crippen molar-refractivity contribution in [1.29, 1.82) is 0 Å². The van der Waals surface area contributed by atoms with Crippen molar-refractivity contribution in [2.75, 3.05) is 26.7 Å². The third-order valence-electron chi connectivity index (χ3n) is 5.63. The normalized spacial score (nSPS) is 19.9. The predicted molar refractivity (Wildman–Crippen MR) is 115 cm³/mol. The molecular formula is C23H26ClN3O2. The van der Waals surface area contributed by atoms with E-state index in [9.17, 15) is 4.79 Å². The third-order valence-corrected chi connectivity index (χ3v) is 5.88. The fraction of sp³-hybridized carbons (Fsp3) is 0.391. The van der Waals surface area contributed by atoms with E-state index in [1.807, 2.05) is 48.5 Å². The largest absolute Gasteiger partial charge is 0.497 e. The van der Waals surface area contributed by atoms with Crippen LogP contribution in [0.5, 0.6) is 5.75 Å².